The van der Waals surface area contributed by atoms with E-state index in [0.29, 0.717) is 24.5 Å². The zero-order valence-corrected chi connectivity index (χ0v) is 20.1. The van der Waals surface area contributed by atoms with Gasteiger partial charge in [-0.05, 0) is 47.2 Å². The van der Waals surface area contributed by atoms with E-state index >= 15 is 0 Å². The van der Waals surface area contributed by atoms with Crippen molar-refractivity contribution in [2.45, 2.75) is 59.0 Å². The first-order valence-electron chi connectivity index (χ1n) is 12.0. The fourth-order valence-corrected chi connectivity index (χ4v) is 4.37. The Morgan fingerprint density at radius 1 is 1.00 bits per heavy atom. The van der Waals surface area contributed by atoms with Crippen molar-refractivity contribution in [2.75, 3.05) is 0 Å². The molecular weight excluding hydrogens is 444 g/mol. The van der Waals surface area contributed by atoms with Gasteiger partial charge in [-0.1, -0.05) is 69.2 Å². The van der Waals surface area contributed by atoms with Crippen molar-refractivity contribution in [3.05, 3.63) is 76.0 Å². The van der Waals surface area contributed by atoms with Crippen LogP contribution in [0.2, 0.25) is 0 Å². The molecule has 4 rings (SSSR count). The number of aromatic amines is 1. The molecule has 0 spiro atoms. The Labute approximate surface area is 203 Å². The summed E-state index contributed by atoms with van der Waals surface area (Å²) in [5.41, 5.74) is 4.00. The fraction of sp³-hybridized carbons (Fsp3) is 0.346. The maximum Gasteiger partial charge on any atom is 0.354 e. The van der Waals surface area contributed by atoms with Gasteiger partial charge in [-0.3, -0.25) is 9.13 Å². The number of aromatic nitrogens is 6. The van der Waals surface area contributed by atoms with Gasteiger partial charge in [-0.25, -0.2) is 9.59 Å². The number of benzene rings is 2. The van der Waals surface area contributed by atoms with Crippen LogP contribution < -0.4 is 5.69 Å². The van der Waals surface area contributed by atoms with Crippen LogP contribution in [0.25, 0.3) is 22.5 Å². The van der Waals surface area contributed by atoms with Gasteiger partial charge in [0.2, 0.25) is 5.82 Å². The Bertz CT molecular complexity index is 1340. The van der Waals surface area contributed by atoms with Gasteiger partial charge in [0.1, 0.15) is 0 Å². The van der Waals surface area contributed by atoms with Crippen LogP contribution in [0.4, 0.5) is 0 Å². The molecule has 0 bridgehead atoms. The van der Waals surface area contributed by atoms with Crippen LogP contribution in [0.3, 0.4) is 0 Å². The van der Waals surface area contributed by atoms with Gasteiger partial charge in [0.15, 0.2) is 5.69 Å². The lowest BCUT2D eigenvalue weighted by Gasteiger charge is -2.12. The summed E-state index contributed by atoms with van der Waals surface area (Å²) < 4.78 is 3.04. The second-order valence-electron chi connectivity index (χ2n) is 8.56. The molecule has 0 amide bonds. The van der Waals surface area contributed by atoms with E-state index < -0.39 is 5.97 Å². The summed E-state index contributed by atoms with van der Waals surface area (Å²) in [6.07, 6.45) is 3.85. The Morgan fingerprint density at radius 2 is 1.77 bits per heavy atom. The van der Waals surface area contributed by atoms with Crippen molar-refractivity contribution in [3.63, 3.8) is 0 Å². The normalized spacial score (nSPS) is 11.1. The molecule has 0 aliphatic heterocycles. The van der Waals surface area contributed by atoms with Crippen molar-refractivity contribution >= 4 is 5.97 Å². The molecule has 0 aliphatic carbocycles. The molecule has 0 aliphatic rings. The first-order chi connectivity index (χ1) is 17.0. The van der Waals surface area contributed by atoms with E-state index in [9.17, 15) is 14.7 Å². The van der Waals surface area contributed by atoms with E-state index in [1.165, 1.54) is 4.57 Å². The van der Waals surface area contributed by atoms with Crippen LogP contribution in [0.15, 0.2) is 53.3 Å². The Kier molecular flexibility index (Phi) is 7.54. The van der Waals surface area contributed by atoms with Crippen LogP contribution in [-0.4, -0.2) is 40.8 Å². The number of imidazole rings is 1. The third kappa shape index (κ3) is 5.08. The molecule has 0 saturated carbocycles. The summed E-state index contributed by atoms with van der Waals surface area (Å²) in [6, 6.07) is 15.8. The highest BCUT2D eigenvalue weighted by Crippen LogP contribution is 2.31. The summed E-state index contributed by atoms with van der Waals surface area (Å²) in [4.78, 5) is 25.6. The van der Waals surface area contributed by atoms with E-state index in [4.69, 9.17) is 0 Å². The predicted molar refractivity (Wildman–Crippen MR) is 133 cm³/mol. The highest BCUT2D eigenvalue weighted by molar-refractivity contribution is 5.87. The van der Waals surface area contributed by atoms with E-state index in [-0.39, 0.29) is 17.9 Å². The number of aromatic carboxylic acids is 1. The predicted octanol–water partition coefficient (Wildman–Crippen LogP) is 4.39. The monoisotopic (exact) mass is 474 g/mol. The minimum atomic E-state index is -1.06. The van der Waals surface area contributed by atoms with Crippen LogP contribution in [0.1, 0.15) is 61.3 Å². The lowest BCUT2D eigenvalue weighted by molar-refractivity contribution is 0.0683. The molecule has 9 heteroatoms. The zero-order chi connectivity index (χ0) is 24.8. The number of carboxylic acids is 1. The number of unbranched alkanes of at least 4 members (excludes halogenated alkanes) is 2. The maximum atomic E-state index is 13.4. The second kappa shape index (κ2) is 10.9. The van der Waals surface area contributed by atoms with E-state index in [0.717, 1.165) is 47.9 Å². The first-order valence-corrected chi connectivity index (χ1v) is 12.0. The van der Waals surface area contributed by atoms with Gasteiger partial charge < -0.3 is 5.11 Å². The Morgan fingerprint density at radius 3 is 2.43 bits per heavy atom. The highest BCUT2D eigenvalue weighted by Gasteiger charge is 2.24. The molecule has 2 aromatic carbocycles. The number of tetrazole rings is 1. The molecule has 2 N–H and O–H groups in total. The summed E-state index contributed by atoms with van der Waals surface area (Å²) in [7, 11) is 0. The van der Waals surface area contributed by atoms with Crippen molar-refractivity contribution in [1.29, 1.82) is 0 Å². The first kappa shape index (κ1) is 24.1. The van der Waals surface area contributed by atoms with Gasteiger partial charge >= 0.3 is 11.7 Å². The number of H-pyrrole nitrogens is 1. The molecule has 0 atom stereocenters. The van der Waals surface area contributed by atoms with E-state index in [2.05, 4.69) is 27.5 Å². The van der Waals surface area contributed by atoms with Crippen molar-refractivity contribution < 1.29 is 9.90 Å². The van der Waals surface area contributed by atoms with Gasteiger partial charge in [0, 0.05) is 12.1 Å². The van der Waals surface area contributed by atoms with Gasteiger partial charge in [0.25, 0.3) is 0 Å². The molecule has 2 aromatic heterocycles. The van der Waals surface area contributed by atoms with Crippen molar-refractivity contribution in [3.8, 4) is 22.5 Å². The fourth-order valence-electron chi connectivity index (χ4n) is 4.37. The van der Waals surface area contributed by atoms with Crippen molar-refractivity contribution in [2.24, 2.45) is 0 Å². The summed E-state index contributed by atoms with van der Waals surface area (Å²) in [5, 5.41) is 24.5. The third-order valence-corrected chi connectivity index (χ3v) is 6.13. The average molecular weight is 475 g/mol. The Balaban J connectivity index is 1.82. The minimum absolute atomic E-state index is 0.108. The maximum absolute atomic E-state index is 13.4. The highest BCUT2D eigenvalue weighted by atomic mass is 16.4. The second-order valence-corrected chi connectivity index (χ2v) is 8.56. The molecule has 182 valence electrons. The lowest BCUT2D eigenvalue weighted by atomic mass is 9.97. The standard InChI is InChI=1S/C26H30N6O3/c1-3-5-12-22-23(25(33)34)31(15-6-4-2)26(35)32(22)17-18-13-14-20(19-10-8-7-9-11-19)21(16-18)24-27-29-30-28-24/h7-11,13-14,16H,3-6,12,15,17H2,1-2H3,(H,33,34)(H,27,28,29,30). The Hall–Kier alpha value is -4.01. The van der Waals surface area contributed by atoms with Gasteiger partial charge in [0.05, 0.1) is 12.2 Å². The quantitative estimate of drug-likeness (QED) is 0.333. The van der Waals surface area contributed by atoms with Crippen LogP contribution >= 0.6 is 0 Å². The summed E-state index contributed by atoms with van der Waals surface area (Å²) >= 11 is 0. The average Bonchev–Trinajstić information content (AvgIpc) is 3.49. The number of rotatable bonds is 11. The number of nitrogens with zero attached hydrogens (tertiary/aromatic N) is 5. The van der Waals surface area contributed by atoms with E-state index in [1.54, 1.807) is 4.57 Å². The van der Waals surface area contributed by atoms with Gasteiger partial charge in [-0.2, -0.15) is 5.21 Å². The zero-order valence-electron chi connectivity index (χ0n) is 20.1. The summed E-state index contributed by atoms with van der Waals surface area (Å²) in [5.74, 6) is -0.606. The largest absolute Gasteiger partial charge is 0.477 e. The minimum Gasteiger partial charge on any atom is -0.477 e. The molecule has 9 nitrogen and oxygen atoms in total. The van der Waals surface area contributed by atoms with Crippen LogP contribution in [0.5, 0.6) is 0 Å². The molecule has 0 fully saturated rings. The molecular formula is C26H30N6O3. The lowest BCUT2D eigenvalue weighted by Crippen LogP contribution is -2.26. The molecule has 0 radical (unpaired) electrons. The molecule has 0 unspecified atom stereocenters. The topological polar surface area (TPSA) is 119 Å². The van der Waals surface area contributed by atoms with Gasteiger partial charge in [-0.15, -0.1) is 10.2 Å². The number of nitrogens with one attached hydrogen (secondary N) is 1. The molecule has 2 heterocycles. The van der Waals surface area contributed by atoms with Crippen LogP contribution in [-0.2, 0) is 19.5 Å². The number of hydrogen-bond acceptors (Lipinski definition) is 5. The SMILES string of the molecule is CCCCc1c(C(=O)O)n(CCCC)c(=O)n1Cc1ccc(-c2ccccc2)c(-c2nn[nH]n2)c1. The van der Waals surface area contributed by atoms with Crippen LogP contribution in [0, 0.1) is 0 Å². The van der Waals surface area contributed by atoms with Crippen molar-refractivity contribution in [1.82, 2.24) is 29.8 Å². The molecule has 35 heavy (non-hydrogen) atoms. The molecule has 4 aromatic rings. The number of carbonyl (C=O) groups is 1. The van der Waals surface area contributed by atoms with E-state index in [1.807, 2.05) is 55.5 Å². The number of hydrogen-bond donors (Lipinski definition) is 2. The molecule has 0 saturated heterocycles. The number of carboxylic acid groups (broad SMARTS) is 1. The summed E-state index contributed by atoms with van der Waals surface area (Å²) in [6.45, 7) is 4.73. The third-order valence-electron chi connectivity index (χ3n) is 6.13. The smallest absolute Gasteiger partial charge is 0.354 e.